The van der Waals surface area contributed by atoms with Gasteiger partial charge in [-0.15, -0.1) is 0 Å². The summed E-state index contributed by atoms with van der Waals surface area (Å²) in [5.41, 5.74) is 1.52. The molecule has 0 saturated heterocycles. The summed E-state index contributed by atoms with van der Waals surface area (Å²) in [5, 5.41) is 8.48. The molecule has 14 heavy (non-hydrogen) atoms. The molecule has 2 heteroatoms. The van der Waals surface area contributed by atoms with Crippen LogP contribution in [0.4, 0.5) is 0 Å². The first-order chi connectivity index (χ1) is 6.77. The van der Waals surface area contributed by atoms with E-state index in [1.807, 2.05) is 6.92 Å². The average molecular weight is 188 g/mol. The van der Waals surface area contributed by atoms with Crippen molar-refractivity contribution in [3.8, 4) is 11.8 Å². The molecule has 0 saturated carbocycles. The SMILES string of the molecule is CCC(=O)c1ccc(C#CCO)cc1. The van der Waals surface area contributed by atoms with Crippen molar-refractivity contribution in [3.05, 3.63) is 35.4 Å². The van der Waals surface area contributed by atoms with Crippen molar-refractivity contribution in [2.75, 3.05) is 6.61 Å². The van der Waals surface area contributed by atoms with Crippen LogP contribution in [0.15, 0.2) is 24.3 Å². The highest BCUT2D eigenvalue weighted by molar-refractivity contribution is 5.95. The summed E-state index contributed by atoms with van der Waals surface area (Å²) >= 11 is 0. The number of ketones is 1. The molecule has 0 unspecified atom stereocenters. The Bertz CT molecular complexity index is 366. The third-order valence-corrected chi connectivity index (χ3v) is 1.84. The lowest BCUT2D eigenvalue weighted by atomic mass is 10.1. The molecule has 1 N–H and O–H groups in total. The molecule has 0 aliphatic carbocycles. The summed E-state index contributed by atoms with van der Waals surface area (Å²) in [7, 11) is 0. The van der Waals surface area contributed by atoms with Gasteiger partial charge in [0.25, 0.3) is 0 Å². The summed E-state index contributed by atoms with van der Waals surface area (Å²) in [6.07, 6.45) is 0.516. The molecule has 1 rings (SSSR count). The fraction of sp³-hybridized carbons (Fsp3) is 0.250. The molecule has 0 aliphatic heterocycles. The molecule has 0 spiro atoms. The van der Waals surface area contributed by atoms with E-state index in [1.165, 1.54) is 0 Å². The Morgan fingerprint density at radius 1 is 1.36 bits per heavy atom. The molecule has 0 fully saturated rings. The third-order valence-electron chi connectivity index (χ3n) is 1.84. The largest absolute Gasteiger partial charge is 0.384 e. The van der Waals surface area contributed by atoms with E-state index in [2.05, 4.69) is 11.8 Å². The molecule has 0 aromatic heterocycles. The molecule has 0 heterocycles. The first-order valence-corrected chi connectivity index (χ1v) is 4.51. The highest BCUT2D eigenvalue weighted by Gasteiger charge is 2.00. The molecule has 2 nitrogen and oxygen atoms in total. The van der Waals surface area contributed by atoms with Gasteiger partial charge in [-0.3, -0.25) is 4.79 Å². The summed E-state index contributed by atoms with van der Waals surface area (Å²) in [5.74, 6) is 5.45. The predicted octanol–water partition coefficient (Wildman–Crippen LogP) is 1.62. The van der Waals surface area contributed by atoms with E-state index in [9.17, 15) is 4.79 Å². The Balaban J connectivity index is 2.83. The normalized spacial score (nSPS) is 9.00. The van der Waals surface area contributed by atoms with Crippen molar-refractivity contribution in [3.63, 3.8) is 0 Å². The van der Waals surface area contributed by atoms with Gasteiger partial charge in [-0.25, -0.2) is 0 Å². The van der Waals surface area contributed by atoms with Gasteiger partial charge in [0.2, 0.25) is 0 Å². The molecule has 0 radical (unpaired) electrons. The van der Waals surface area contributed by atoms with Crippen LogP contribution in [0.5, 0.6) is 0 Å². The second kappa shape index (κ2) is 5.21. The zero-order chi connectivity index (χ0) is 10.4. The number of aliphatic hydroxyl groups is 1. The van der Waals surface area contributed by atoms with E-state index in [4.69, 9.17) is 5.11 Å². The van der Waals surface area contributed by atoms with Crippen LogP contribution in [0, 0.1) is 11.8 Å². The molecule has 0 aliphatic rings. The maximum Gasteiger partial charge on any atom is 0.162 e. The summed E-state index contributed by atoms with van der Waals surface area (Å²) in [6, 6.07) is 7.08. The highest BCUT2D eigenvalue weighted by Crippen LogP contribution is 2.05. The average Bonchev–Trinajstić information content (AvgIpc) is 2.26. The Hall–Kier alpha value is -1.59. The Morgan fingerprint density at radius 3 is 2.50 bits per heavy atom. The Labute approximate surface area is 83.6 Å². The quantitative estimate of drug-likeness (QED) is 0.565. The van der Waals surface area contributed by atoms with E-state index in [-0.39, 0.29) is 12.4 Å². The van der Waals surface area contributed by atoms with Gasteiger partial charge < -0.3 is 5.11 Å². The van der Waals surface area contributed by atoms with Crippen LogP contribution in [0.3, 0.4) is 0 Å². The highest BCUT2D eigenvalue weighted by atomic mass is 16.2. The fourth-order valence-electron chi connectivity index (χ4n) is 1.09. The monoisotopic (exact) mass is 188 g/mol. The lowest BCUT2D eigenvalue weighted by Crippen LogP contribution is -1.95. The maximum atomic E-state index is 11.3. The van der Waals surface area contributed by atoms with Crippen LogP contribution >= 0.6 is 0 Å². The van der Waals surface area contributed by atoms with Crippen LogP contribution < -0.4 is 0 Å². The number of carbonyl (C=O) groups is 1. The first-order valence-electron chi connectivity index (χ1n) is 4.51. The maximum absolute atomic E-state index is 11.3. The van der Waals surface area contributed by atoms with Crippen molar-refractivity contribution >= 4 is 5.78 Å². The standard InChI is InChI=1S/C12H12O2/c1-2-12(14)11-7-5-10(6-8-11)4-3-9-13/h5-8,13H,2,9H2,1H3. The van der Waals surface area contributed by atoms with Gasteiger partial charge in [-0.2, -0.15) is 0 Å². The molecule has 1 aromatic rings. The molecular formula is C12H12O2. The Morgan fingerprint density at radius 2 is 2.00 bits per heavy atom. The molecule has 0 atom stereocenters. The molecule has 0 amide bonds. The van der Waals surface area contributed by atoms with Crippen molar-refractivity contribution in [1.29, 1.82) is 0 Å². The lowest BCUT2D eigenvalue weighted by Gasteiger charge is -1.96. The molecule has 0 bridgehead atoms. The van der Waals surface area contributed by atoms with Crippen LogP contribution in [0.25, 0.3) is 0 Å². The van der Waals surface area contributed by atoms with Crippen molar-refractivity contribution in [2.24, 2.45) is 0 Å². The van der Waals surface area contributed by atoms with Crippen molar-refractivity contribution < 1.29 is 9.90 Å². The lowest BCUT2D eigenvalue weighted by molar-refractivity contribution is 0.0988. The third kappa shape index (κ3) is 2.72. The van der Waals surface area contributed by atoms with E-state index in [0.29, 0.717) is 12.0 Å². The summed E-state index contributed by atoms with van der Waals surface area (Å²) in [4.78, 5) is 11.3. The number of hydrogen-bond acceptors (Lipinski definition) is 2. The zero-order valence-corrected chi connectivity index (χ0v) is 8.08. The second-order valence-electron chi connectivity index (χ2n) is 2.81. The Kier molecular flexibility index (Phi) is 3.90. The minimum Gasteiger partial charge on any atom is -0.384 e. The zero-order valence-electron chi connectivity index (χ0n) is 8.08. The molecule has 72 valence electrons. The minimum atomic E-state index is -0.143. The number of hydrogen-bond donors (Lipinski definition) is 1. The number of rotatable bonds is 2. The smallest absolute Gasteiger partial charge is 0.162 e. The van der Waals surface area contributed by atoms with E-state index >= 15 is 0 Å². The first kappa shape index (κ1) is 10.5. The predicted molar refractivity (Wildman–Crippen MR) is 55.0 cm³/mol. The second-order valence-corrected chi connectivity index (χ2v) is 2.81. The van der Waals surface area contributed by atoms with E-state index in [1.54, 1.807) is 24.3 Å². The van der Waals surface area contributed by atoms with E-state index in [0.717, 1.165) is 5.56 Å². The number of aliphatic hydroxyl groups excluding tert-OH is 1. The fourth-order valence-corrected chi connectivity index (χ4v) is 1.09. The van der Waals surface area contributed by atoms with Crippen molar-refractivity contribution in [2.45, 2.75) is 13.3 Å². The number of carbonyl (C=O) groups excluding carboxylic acids is 1. The van der Waals surface area contributed by atoms with E-state index < -0.39 is 0 Å². The van der Waals surface area contributed by atoms with Gasteiger partial charge in [-0.05, 0) is 12.1 Å². The van der Waals surface area contributed by atoms with Crippen LogP contribution in [-0.4, -0.2) is 17.5 Å². The van der Waals surface area contributed by atoms with Gasteiger partial charge >= 0.3 is 0 Å². The minimum absolute atomic E-state index is 0.131. The summed E-state index contributed by atoms with van der Waals surface area (Å²) in [6.45, 7) is 1.69. The molecule has 1 aromatic carbocycles. The van der Waals surface area contributed by atoms with Gasteiger partial charge in [0.05, 0.1) is 0 Å². The number of Topliss-reactive ketones (excluding diaryl/α,β-unsaturated/α-hetero) is 1. The van der Waals surface area contributed by atoms with Gasteiger partial charge in [0, 0.05) is 17.5 Å². The van der Waals surface area contributed by atoms with Crippen LogP contribution in [0.1, 0.15) is 29.3 Å². The summed E-state index contributed by atoms with van der Waals surface area (Å²) < 4.78 is 0. The van der Waals surface area contributed by atoms with Crippen LogP contribution in [0.2, 0.25) is 0 Å². The number of benzene rings is 1. The topological polar surface area (TPSA) is 37.3 Å². The van der Waals surface area contributed by atoms with Gasteiger partial charge in [0.15, 0.2) is 5.78 Å². The molecular weight excluding hydrogens is 176 g/mol. The van der Waals surface area contributed by atoms with Gasteiger partial charge in [0.1, 0.15) is 6.61 Å². The van der Waals surface area contributed by atoms with Crippen LogP contribution in [-0.2, 0) is 0 Å². The van der Waals surface area contributed by atoms with Crippen molar-refractivity contribution in [1.82, 2.24) is 0 Å². The van der Waals surface area contributed by atoms with Gasteiger partial charge in [-0.1, -0.05) is 30.9 Å².